The summed E-state index contributed by atoms with van der Waals surface area (Å²) in [7, 11) is 0. The van der Waals surface area contributed by atoms with Gasteiger partial charge in [-0.1, -0.05) is 44.6 Å². The maximum Gasteiger partial charge on any atom is 0.0572 e. The van der Waals surface area contributed by atoms with Gasteiger partial charge >= 0.3 is 0 Å². The number of rotatable bonds is 3. The highest BCUT2D eigenvalue weighted by atomic mass is 16.3. The van der Waals surface area contributed by atoms with Gasteiger partial charge in [-0.05, 0) is 37.5 Å². The average Bonchev–Trinajstić information content (AvgIpc) is 2.39. The van der Waals surface area contributed by atoms with Crippen LogP contribution >= 0.6 is 0 Å². The molecule has 0 spiro atoms. The van der Waals surface area contributed by atoms with Crippen molar-refractivity contribution in [1.82, 2.24) is 0 Å². The van der Waals surface area contributed by atoms with Crippen molar-refractivity contribution in [2.45, 2.75) is 47.1 Å². The first-order valence-corrected chi connectivity index (χ1v) is 5.89. The molecule has 0 unspecified atom stereocenters. The van der Waals surface area contributed by atoms with Gasteiger partial charge in [0.1, 0.15) is 0 Å². The summed E-state index contributed by atoms with van der Waals surface area (Å²) in [6.45, 7) is 10.7. The summed E-state index contributed by atoms with van der Waals surface area (Å²) in [6, 6.07) is 0. The van der Waals surface area contributed by atoms with E-state index in [1.165, 1.54) is 5.57 Å². The molecule has 0 saturated heterocycles. The lowest BCUT2D eigenvalue weighted by atomic mass is 9.77. The lowest BCUT2D eigenvalue weighted by molar-refractivity contribution is 0.156. The molecular formula is C14H24O. The molecule has 86 valence electrons. The molecule has 0 fully saturated rings. The Morgan fingerprint density at radius 1 is 1.47 bits per heavy atom. The van der Waals surface area contributed by atoms with Gasteiger partial charge in [-0.2, -0.15) is 0 Å². The molecule has 0 aromatic heterocycles. The molecular weight excluding hydrogens is 184 g/mol. The summed E-state index contributed by atoms with van der Waals surface area (Å²) in [5.41, 5.74) is 1.77. The van der Waals surface area contributed by atoms with E-state index in [4.69, 9.17) is 0 Å². The molecule has 15 heavy (non-hydrogen) atoms. The summed E-state index contributed by atoms with van der Waals surface area (Å²) in [5.74, 6) is 0.848. The second-order valence-electron chi connectivity index (χ2n) is 5.44. The standard InChI is InChI=1S/C14H24O/c1-10(12(3)15)6-8-13-9-7-11(2)14(13,4)5/h6-8,10,12-13,15H,9H2,1-5H3/b8-6+/t10-,12-,13-/m0/s1. The zero-order chi connectivity index (χ0) is 11.6. The summed E-state index contributed by atoms with van der Waals surface area (Å²) < 4.78 is 0. The first kappa shape index (κ1) is 12.5. The lowest BCUT2D eigenvalue weighted by Crippen LogP contribution is -2.19. The average molecular weight is 208 g/mol. The minimum Gasteiger partial charge on any atom is -0.393 e. The second-order valence-corrected chi connectivity index (χ2v) is 5.44. The van der Waals surface area contributed by atoms with E-state index in [0.29, 0.717) is 5.92 Å². The van der Waals surface area contributed by atoms with E-state index in [2.05, 4.69) is 45.9 Å². The van der Waals surface area contributed by atoms with Gasteiger partial charge in [0.05, 0.1) is 6.10 Å². The summed E-state index contributed by atoms with van der Waals surface area (Å²) >= 11 is 0. The third-order valence-electron chi connectivity index (χ3n) is 4.03. The van der Waals surface area contributed by atoms with E-state index < -0.39 is 0 Å². The fourth-order valence-electron chi connectivity index (χ4n) is 1.94. The highest BCUT2D eigenvalue weighted by molar-refractivity contribution is 5.22. The van der Waals surface area contributed by atoms with Gasteiger partial charge in [0.25, 0.3) is 0 Å². The van der Waals surface area contributed by atoms with E-state index in [-0.39, 0.29) is 17.4 Å². The first-order chi connectivity index (χ1) is 6.85. The monoisotopic (exact) mass is 208 g/mol. The van der Waals surface area contributed by atoms with Crippen molar-refractivity contribution in [3.63, 3.8) is 0 Å². The molecule has 0 aromatic rings. The molecule has 1 aliphatic carbocycles. The highest BCUT2D eigenvalue weighted by Crippen LogP contribution is 2.43. The van der Waals surface area contributed by atoms with Crippen LogP contribution in [-0.4, -0.2) is 11.2 Å². The van der Waals surface area contributed by atoms with Crippen LogP contribution in [0.25, 0.3) is 0 Å². The molecule has 0 radical (unpaired) electrons. The minimum atomic E-state index is -0.250. The van der Waals surface area contributed by atoms with Gasteiger partial charge < -0.3 is 5.11 Å². The van der Waals surface area contributed by atoms with Gasteiger partial charge in [-0.15, -0.1) is 0 Å². The van der Waals surface area contributed by atoms with Crippen molar-refractivity contribution in [1.29, 1.82) is 0 Å². The molecule has 3 atom stereocenters. The van der Waals surface area contributed by atoms with Crippen molar-refractivity contribution in [2.75, 3.05) is 0 Å². The van der Waals surface area contributed by atoms with E-state index in [1.54, 1.807) is 0 Å². The van der Waals surface area contributed by atoms with Crippen molar-refractivity contribution >= 4 is 0 Å². The number of aliphatic hydroxyl groups excluding tert-OH is 1. The van der Waals surface area contributed by atoms with E-state index in [9.17, 15) is 5.11 Å². The minimum absolute atomic E-state index is 0.250. The maximum absolute atomic E-state index is 9.41. The maximum atomic E-state index is 9.41. The number of hydrogen-bond donors (Lipinski definition) is 1. The Morgan fingerprint density at radius 3 is 2.47 bits per heavy atom. The van der Waals surface area contributed by atoms with E-state index in [1.807, 2.05) is 6.92 Å². The van der Waals surface area contributed by atoms with E-state index in [0.717, 1.165) is 6.42 Å². The van der Waals surface area contributed by atoms with Crippen molar-refractivity contribution in [2.24, 2.45) is 17.3 Å². The fourth-order valence-corrected chi connectivity index (χ4v) is 1.94. The second kappa shape index (κ2) is 4.52. The van der Waals surface area contributed by atoms with Gasteiger partial charge in [0, 0.05) is 0 Å². The van der Waals surface area contributed by atoms with Gasteiger partial charge in [0.15, 0.2) is 0 Å². The molecule has 1 heteroatoms. The molecule has 0 amide bonds. The first-order valence-electron chi connectivity index (χ1n) is 5.89. The smallest absolute Gasteiger partial charge is 0.0572 e. The highest BCUT2D eigenvalue weighted by Gasteiger charge is 2.32. The van der Waals surface area contributed by atoms with Crippen molar-refractivity contribution < 1.29 is 5.11 Å². The predicted molar refractivity (Wildman–Crippen MR) is 65.6 cm³/mol. The summed E-state index contributed by atoms with van der Waals surface area (Å²) in [5, 5.41) is 9.41. The van der Waals surface area contributed by atoms with Gasteiger partial charge in [0.2, 0.25) is 0 Å². The Labute approximate surface area is 93.9 Å². The summed E-state index contributed by atoms with van der Waals surface area (Å²) in [6.07, 6.45) is 7.66. The number of aliphatic hydroxyl groups is 1. The molecule has 0 bridgehead atoms. The summed E-state index contributed by atoms with van der Waals surface area (Å²) in [4.78, 5) is 0. The van der Waals surface area contributed by atoms with E-state index >= 15 is 0 Å². The van der Waals surface area contributed by atoms with Crippen LogP contribution in [0, 0.1) is 17.3 Å². The zero-order valence-corrected chi connectivity index (χ0v) is 10.6. The van der Waals surface area contributed by atoms with Crippen LogP contribution in [0.1, 0.15) is 41.0 Å². The molecule has 0 heterocycles. The van der Waals surface area contributed by atoms with Crippen LogP contribution in [0.3, 0.4) is 0 Å². The van der Waals surface area contributed by atoms with Crippen LogP contribution in [0.15, 0.2) is 23.8 Å². The Kier molecular flexibility index (Phi) is 3.77. The molecule has 1 rings (SSSR count). The van der Waals surface area contributed by atoms with Crippen LogP contribution in [-0.2, 0) is 0 Å². The van der Waals surface area contributed by atoms with Gasteiger partial charge in [-0.25, -0.2) is 0 Å². The van der Waals surface area contributed by atoms with Crippen LogP contribution in [0.5, 0.6) is 0 Å². The van der Waals surface area contributed by atoms with Crippen molar-refractivity contribution in [3.05, 3.63) is 23.8 Å². The van der Waals surface area contributed by atoms with Crippen LogP contribution < -0.4 is 0 Å². The van der Waals surface area contributed by atoms with Gasteiger partial charge in [-0.3, -0.25) is 0 Å². The number of hydrogen-bond acceptors (Lipinski definition) is 1. The third kappa shape index (κ3) is 2.72. The Morgan fingerprint density at radius 2 is 2.07 bits per heavy atom. The predicted octanol–water partition coefficient (Wildman–Crippen LogP) is 3.55. The van der Waals surface area contributed by atoms with Crippen LogP contribution in [0.4, 0.5) is 0 Å². The van der Waals surface area contributed by atoms with Crippen LogP contribution in [0.2, 0.25) is 0 Å². The Bertz CT molecular complexity index is 271. The largest absolute Gasteiger partial charge is 0.393 e. The van der Waals surface area contributed by atoms with Crippen molar-refractivity contribution in [3.8, 4) is 0 Å². The molecule has 1 nitrogen and oxygen atoms in total. The molecule has 0 saturated carbocycles. The number of allylic oxidation sites excluding steroid dienone is 3. The molecule has 0 aliphatic heterocycles. The zero-order valence-electron chi connectivity index (χ0n) is 10.6. The SMILES string of the molecule is CC1=CC[C@H](/C=C/[C@H](C)[C@H](C)O)C1(C)C. The Balaban J connectivity index is 2.62. The molecule has 1 aliphatic rings. The quantitative estimate of drug-likeness (QED) is 0.703. The molecule has 1 N–H and O–H groups in total. The topological polar surface area (TPSA) is 20.2 Å². The third-order valence-corrected chi connectivity index (χ3v) is 4.03. The lowest BCUT2D eigenvalue weighted by Gasteiger charge is -2.27. The molecule has 0 aromatic carbocycles. The normalized spacial score (nSPS) is 29.2. The Hall–Kier alpha value is -0.560. The fraction of sp³-hybridized carbons (Fsp3) is 0.714.